The van der Waals surface area contributed by atoms with E-state index in [1.165, 1.54) is 0 Å². The summed E-state index contributed by atoms with van der Waals surface area (Å²) in [6.45, 7) is 8.82. The van der Waals surface area contributed by atoms with E-state index in [4.69, 9.17) is 4.74 Å². The first kappa shape index (κ1) is 23.4. The molecule has 1 heterocycles. The fourth-order valence-electron chi connectivity index (χ4n) is 4.07. The van der Waals surface area contributed by atoms with E-state index < -0.39 is 0 Å². The number of carbonyl (C=O) groups excluding carboxylic acids is 2. The number of ether oxygens (including phenoxy) is 1. The lowest BCUT2D eigenvalue weighted by Gasteiger charge is -2.36. The molecule has 0 aromatic heterocycles. The van der Waals surface area contributed by atoms with Gasteiger partial charge in [0.05, 0.1) is 6.10 Å². The number of aryl methyl sites for hydroxylation is 1. The van der Waals surface area contributed by atoms with Crippen molar-refractivity contribution in [1.29, 1.82) is 0 Å². The summed E-state index contributed by atoms with van der Waals surface area (Å²) in [5.41, 5.74) is 4.18. The molecular weight excluding hydrogens is 426 g/mol. The zero-order valence-corrected chi connectivity index (χ0v) is 20.0. The minimum absolute atomic E-state index is 0.0923. The number of hydrogen-bond acceptors (Lipinski definition) is 4. The lowest BCUT2D eigenvalue weighted by molar-refractivity contribution is 0.0746. The van der Waals surface area contributed by atoms with E-state index in [1.807, 2.05) is 86.3 Å². The van der Waals surface area contributed by atoms with Crippen LogP contribution in [0.3, 0.4) is 0 Å². The second-order valence-corrected chi connectivity index (χ2v) is 8.79. The molecule has 0 saturated carbocycles. The molecule has 1 saturated heterocycles. The monoisotopic (exact) mass is 457 g/mol. The average Bonchev–Trinajstić information content (AvgIpc) is 2.84. The van der Waals surface area contributed by atoms with Crippen LogP contribution in [0.1, 0.15) is 40.1 Å². The Labute approximate surface area is 201 Å². The number of nitrogens with zero attached hydrogens (tertiary/aromatic N) is 2. The van der Waals surface area contributed by atoms with Crippen molar-refractivity contribution < 1.29 is 14.3 Å². The standard InChI is InChI=1S/C28H31N3O3/c1-20(2)34-25-14-8-22(9-15-25)27(32)29-23-10-12-24(13-11-23)30-16-18-31(19-17-30)28(33)26-7-5-4-6-21(26)3/h4-15,20H,16-19H2,1-3H3,(H,29,32). The van der Waals surface area contributed by atoms with Gasteiger partial charge >= 0.3 is 0 Å². The predicted molar refractivity (Wildman–Crippen MR) is 136 cm³/mol. The van der Waals surface area contributed by atoms with Crippen LogP contribution in [0.4, 0.5) is 11.4 Å². The normalized spacial score (nSPS) is 13.6. The third-order valence-electron chi connectivity index (χ3n) is 5.92. The Balaban J connectivity index is 1.31. The van der Waals surface area contributed by atoms with Crippen LogP contribution in [-0.2, 0) is 0 Å². The van der Waals surface area contributed by atoms with Crippen molar-refractivity contribution in [3.05, 3.63) is 89.5 Å². The molecule has 0 bridgehead atoms. The molecule has 1 fully saturated rings. The third kappa shape index (κ3) is 5.57. The predicted octanol–water partition coefficient (Wildman–Crippen LogP) is 5.00. The van der Waals surface area contributed by atoms with Gasteiger partial charge in [-0.25, -0.2) is 0 Å². The summed E-state index contributed by atoms with van der Waals surface area (Å²) in [6, 6.07) is 22.7. The molecule has 34 heavy (non-hydrogen) atoms. The quantitative estimate of drug-likeness (QED) is 0.566. The number of benzene rings is 3. The molecule has 0 radical (unpaired) electrons. The van der Waals surface area contributed by atoms with Crippen LogP contribution in [0.5, 0.6) is 5.75 Å². The molecule has 176 valence electrons. The van der Waals surface area contributed by atoms with Crippen LogP contribution in [0.15, 0.2) is 72.8 Å². The van der Waals surface area contributed by atoms with Crippen LogP contribution in [0.25, 0.3) is 0 Å². The fraction of sp³-hybridized carbons (Fsp3) is 0.286. The maximum atomic E-state index is 12.9. The van der Waals surface area contributed by atoms with Gasteiger partial charge in [0.1, 0.15) is 5.75 Å². The van der Waals surface area contributed by atoms with Gasteiger partial charge in [-0.2, -0.15) is 0 Å². The van der Waals surface area contributed by atoms with Gasteiger partial charge in [0.15, 0.2) is 0 Å². The van der Waals surface area contributed by atoms with Crippen LogP contribution < -0.4 is 15.0 Å². The zero-order valence-electron chi connectivity index (χ0n) is 20.0. The second kappa shape index (κ2) is 10.4. The number of rotatable bonds is 6. The summed E-state index contributed by atoms with van der Waals surface area (Å²) < 4.78 is 5.63. The number of nitrogens with one attached hydrogen (secondary N) is 1. The molecule has 6 heteroatoms. The van der Waals surface area contributed by atoms with E-state index in [2.05, 4.69) is 10.2 Å². The van der Waals surface area contributed by atoms with Crippen molar-refractivity contribution in [2.75, 3.05) is 36.4 Å². The zero-order chi connectivity index (χ0) is 24.1. The molecular formula is C28H31N3O3. The molecule has 1 aliphatic heterocycles. The number of anilines is 2. The number of hydrogen-bond donors (Lipinski definition) is 1. The van der Waals surface area contributed by atoms with E-state index in [-0.39, 0.29) is 17.9 Å². The molecule has 0 atom stereocenters. The molecule has 2 amide bonds. The van der Waals surface area contributed by atoms with Crippen molar-refractivity contribution in [2.45, 2.75) is 26.9 Å². The molecule has 0 unspecified atom stereocenters. The Morgan fingerprint density at radius 3 is 2.12 bits per heavy atom. The molecule has 3 aromatic carbocycles. The first-order valence-corrected chi connectivity index (χ1v) is 11.7. The number of piperazine rings is 1. The van der Waals surface area contributed by atoms with Crippen molar-refractivity contribution >= 4 is 23.2 Å². The molecule has 6 nitrogen and oxygen atoms in total. The molecule has 4 rings (SSSR count). The second-order valence-electron chi connectivity index (χ2n) is 8.79. The largest absolute Gasteiger partial charge is 0.491 e. The van der Waals surface area contributed by atoms with Gasteiger partial charge in [0.25, 0.3) is 11.8 Å². The molecule has 0 aliphatic carbocycles. The summed E-state index contributed by atoms with van der Waals surface area (Å²) in [4.78, 5) is 29.6. The molecule has 1 N–H and O–H groups in total. The highest BCUT2D eigenvalue weighted by molar-refractivity contribution is 6.04. The van der Waals surface area contributed by atoms with E-state index in [9.17, 15) is 9.59 Å². The maximum absolute atomic E-state index is 12.9. The first-order chi connectivity index (χ1) is 16.4. The van der Waals surface area contributed by atoms with Gasteiger partial charge in [0, 0.05) is 48.7 Å². The van der Waals surface area contributed by atoms with Gasteiger partial charge in [-0.05, 0) is 80.9 Å². The number of amides is 2. The van der Waals surface area contributed by atoms with E-state index in [1.54, 1.807) is 12.1 Å². The third-order valence-corrected chi connectivity index (χ3v) is 5.92. The molecule has 0 spiro atoms. The van der Waals surface area contributed by atoms with Gasteiger partial charge in [-0.15, -0.1) is 0 Å². The first-order valence-electron chi connectivity index (χ1n) is 11.7. The highest BCUT2D eigenvalue weighted by Gasteiger charge is 2.23. The van der Waals surface area contributed by atoms with Crippen molar-refractivity contribution in [3.63, 3.8) is 0 Å². The van der Waals surface area contributed by atoms with Gasteiger partial charge in [0.2, 0.25) is 0 Å². The summed E-state index contributed by atoms with van der Waals surface area (Å²) >= 11 is 0. The van der Waals surface area contributed by atoms with E-state index in [0.717, 1.165) is 41.3 Å². The average molecular weight is 458 g/mol. The van der Waals surface area contributed by atoms with Crippen LogP contribution in [-0.4, -0.2) is 49.0 Å². The van der Waals surface area contributed by atoms with Crippen molar-refractivity contribution in [2.24, 2.45) is 0 Å². The highest BCUT2D eigenvalue weighted by Crippen LogP contribution is 2.22. The summed E-state index contributed by atoms with van der Waals surface area (Å²) in [7, 11) is 0. The fourth-order valence-corrected chi connectivity index (χ4v) is 4.07. The summed E-state index contributed by atoms with van der Waals surface area (Å²) in [5.74, 6) is 0.684. The highest BCUT2D eigenvalue weighted by atomic mass is 16.5. The Kier molecular flexibility index (Phi) is 7.16. The summed E-state index contributed by atoms with van der Waals surface area (Å²) in [6.07, 6.45) is 0.0923. The van der Waals surface area contributed by atoms with Crippen LogP contribution in [0, 0.1) is 6.92 Å². The Morgan fingerprint density at radius 2 is 1.50 bits per heavy atom. The van der Waals surface area contributed by atoms with Crippen molar-refractivity contribution in [1.82, 2.24) is 4.90 Å². The SMILES string of the molecule is Cc1ccccc1C(=O)N1CCN(c2ccc(NC(=O)c3ccc(OC(C)C)cc3)cc2)CC1. The Morgan fingerprint density at radius 1 is 0.853 bits per heavy atom. The van der Waals surface area contributed by atoms with Crippen LogP contribution >= 0.6 is 0 Å². The minimum atomic E-state index is -0.160. The summed E-state index contributed by atoms with van der Waals surface area (Å²) in [5, 5.41) is 2.94. The van der Waals surface area contributed by atoms with E-state index in [0.29, 0.717) is 18.7 Å². The van der Waals surface area contributed by atoms with E-state index >= 15 is 0 Å². The lowest BCUT2D eigenvalue weighted by atomic mass is 10.1. The van der Waals surface area contributed by atoms with Gasteiger partial charge in [-0.3, -0.25) is 9.59 Å². The minimum Gasteiger partial charge on any atom is -0.491 e. The topological polar surface area (TPSA) is 61.9 Å². The maximum Gasteiger partial charge on any atom is 0.255 e. The van der Waals surface area contributed by atoms with Crippen molar-refractivity contribution in [3.8, 4) is 5.75 Å². The van der Waals surface area contributed by atoms with Gasteiger partial charge < -0.3 is 19.9 Å². The van der Waals surface area contributed by atoms with Crippen LogP contribution in [0.2, 0.25) is 0 Å². The Hall–Kier alpha value is -3.80. The van der Waals surface area contributed by atoms with Gasteiger partial charge in [-0.1, -0.05) is 18.2 Å². The lowest BCUT2D eigenvalue weighted by Crippen LogP contribution is -2.48. The smallest absolute Gasteiger partial charge is 0.255 e. The molecule has 3 aromatic rings. The Bertz CT molecular complexity index is 1130. The molecule has 1 aliphatic rings. The number of carbonyl (C=O) groups is 2.